The van der Waals surface area contributed by atoms with Crippen molar-refractivity contribution < 1.29 is 37.9 Å². The molecule has 0 aromatic heterocycles. The van der Waals surface area contributed by atoms with Crippen molar-refractivity contribution in [1.29, 1.82) is 0 Å². The summed E-state index contributed by atoms with van der Waals surface area (Å²) in [5.74, 6) is -0.883. The molecule has 45 heavy (non-hydrogen) atoms. The van der Waals surface area contributed by atoms with E-state index in [2.05, 4.69) is 30.5 Å². The van der Waals surface area contributed by atoms with E-state index in [0.29, 0.717) is 6.42 Å². The maximum absolute atomic E-state index is 12.3. The van der Waals surface area contributed by atoms with Gasteiger partial charge in [-0.25, -0.2) is 4.57 Å². The first-order valence-corrected chi connectivity index (χ1v) is 20.0. The first-order chi connectivity index (χ1) is 21.8. The monoisotopic (exact) mass is 660 g/mol. The zero-order chi connectivity index (χ0) is 33.3. The van der Waals surface area contributed by atoms with E-state index in [1.165, 1.54) is 109 Å². The van der Waals surface area contributed by atoms with Gasteiger partial charge in [0.15, 0.2) is 6.10 Å². The SMILES string of the molecule is CCCCC/C=C/CCCCCCCCCC(=O)O[C@H](COC(=O)CCCCCCCCCCCCCCC)COP(=O)(O)O. The lowest BCUT2D eigenvalue weighted by atomic mass is 10.0. The van der Waals surface area contributed by atoms with Gasteiger partial charge < -0.3 is 19.3 Å². The zero-order valence-corrected chi connectivity index (χ0v) is 29.9. The fourth-order valence-electron chi connectivity index (χ4n) is 5.25. The Morgan fingerprint density at radius 3 is 1.40 bits per heavy atom. The number of carbonyl (C=O) groups excluding carboxylic acids is 2. The third-order valence-electron chi connectivity index (χ3n) is 8.03. The molecule has 0 unspecified atom stereocenters. The number of hydrogen-bond donors (Lipinski definition) is 2. The second kappa shape index (κ2) is 32.7. The first-order valence-electron chi connectivity index (χ1n) is 18.5. The van der Waals surface area contributed by atoms with Gasteiger partial charge in [0, 0.05) is 12.8 Å². The molecule has 0 rings (SSSR count). The molecular formula is C36H69O8P. The lowest BCUT2D eigenvalue weighted by Gasteiger charge is -2.18. The minimum absolute atomic E-state index is 0.210. The minimum atomic E-state index is -4.74. The van der Waals surface area contributed by atoms with Crippen molar-refractivity contribution in [1.82, 2.24) is 0 Å². The zero-order valence-electron chi connectivity index (χ0n) is 29.0. The summed E-state index contributed by atoms with van der Waals surface area (Å²) in [7, 11) is -4.74. The molecule has 0 spiro atoms. The standard InChI is InChI=1S/C36H69O8P/c1-3-5-7-9-11-13-15-17-19-21-23-25-27-29-31-36(38)44-34(33-43-45(39,40)41)32-42-35(37)30-28-26-24-22-20-18-16-14-12-10-8-6-4-2/h11,13,34H,3-10,12,14-33H2,1-2H3,(H2,39,40,41)/b13-11+/t34-/m1/s1. The molecule has 1 atom stereocenters. The highest BCUT2D eigenvalue weighted by Crippen LogP contribution is 2.36. The second-order valence-electron chi connectivity index (χ2n) is 12.6. The highest BCUT2D eigenvalue weighted by molar-refractivity contribution is 7.46. The van der Waals surface area contributed by atoms with Gasteiger partial charge in [-0.15, -0.1) is 0 Å². The molecule has 0 radical (unpaired) electrons. The Morgan fingerprint density at radius 2 is 0.933 bits per heavy atom. The third-order valence-corrected chi connectivity index (χ3v) is 8.52. The molecule has 2 N–H and O–H groups in total. The predicted octanol–water partition coefficient (Wildman–Crippen LogP) is 10.7. The molecule has 0 saturated carbocycles. The van der Waals surface area contributed by atoms with Crippen LogP contribution >= 0.6 is 7.82 Å². The molecule has 0 aromatic carbocycles. The molecule has 0 saturated heterocycles. The first kappa shape index (κ1) is 43.8. The molecular weight excluding hydrogens is 591 g/mol. The Hall–Kier alpha value is -1.21. The van der Waals surface area contributed by atoms with Gasteiger partial charge in [-0.2, -0.15) is 0 Å². The normalized spacial score (nSPS) is 12.5. The second-order valence-corrected chi connectivity index (χ2v) is 13.8. The maximum atomic E-state index is 12.3. The van der Waals surface area contributed by atoms with Gasteiger partial charge in [-0.3, -0.25) is 14.1 Å². The largest absolute Gasteiger partial charge is 0.469 e. The topological polar surface area (TPSA) is 119 Å². The summed E-state index contributed by atoms with van der Waals surface area (Å²) in [6, 6.07) is 0. The van der Waals surface area contributed by atoms with E-state index in [1.54, 1.807) is 0 Å². The van der Waals surface area contributed by atoms with Crippen LogP contribution in [0.1, 0.15) is 187 Å². The highest BCUT2D eigenvalue weighted by Gasteiger charge is 2.22. The molecule has 0 aliphatic heterocycles. The van der Waals surface area contributed by atoms with E-state index >= 15 is 0 Å². The van der Waals surface area contributed by atoms with Gasteiger partial charge in [-0.1, -0.05) is 148 Å². The van der Waals surface area contributed by atoms with Crippen LogP contribution in [0, 0.1) is 0 Å². The van der Waals surface area contributed by atoms with Crippen molar-refractivity contribution in [3.63, 3.8) is 0 Å². The van der Waals surface area contributed by atoms with E-state index in [4.69, 9.17) is 19.3 Å². The van der Waals surface area contributed by atoms with Crippen molar-refractivity contribution >= 4 is 19.8 Å². The molecule has 0 fully saturated rings. The number of esters is 2. The van der Waals surface area contributed by atoms with Gasteiger partial charge in [0.2, 0.25) is 0 Å². The highest BCUT2D eigenvalue weighted by atomic mass is 31.2. The molecule has 0 aromatic rings. The molecule has 0 aliphatic carbocycles. The average Bonchev–Trinajstić information content (AvgIpc) is 3.00. The third kappa shape index (κ3) is 35.5. The lowest BCUT2D eigenvalue weighted by molar-refractivity contribution is -0.161. The fourth-order valence-corrected chi connectivity index (χ4v) is 5.61. The number of phosphoric acid groups is 1. The number of ether oxygens (including phenoxy) is 2. The Kier molecular flexibility index (Phi) is 31.8. The molecule has 8 nitrogen and oxygen atoms in total. The van der Waals surface area contributed by atoms with Gasteiger partial charge >= 0.3 is 19.8 Å². The quantitative estimate of drug-likeness (QED) is 0.0303. The molecule has 0 amide bonds. The predicted molar refractivity (Wildman–Crippen MR) is 184 cm³/mol. The smallest absolute Gasteiger partial charge is 0.462 e. The van der Waals surface area contributed by atoms with Crippen molar-refractivity contribution in [3.8, 4) is 0 Å². The van der Waals surface area contributed by atoms with Crippen LogP contribution in [0.4, 0.5) is 0 Å². The molecule has 0 aliphatic rings. The van der Waals surface area contributed by atoms with Crippen LogP contribution in [0.25, 0.3) is 0 Å². The van der Waals surface area contributed by atoms with Crippen LogP contribution in [0.15, 0.2) is 12.2 Å². The number of phosphoric ester groups is 1. The van der Waals surface area contributed by atoms with Crippen molar-refractivity contribution in [2.45, 2.75) is 193 Å². The van der Waals surface area contributed by atoms with Crippen LogP contribution in [0.2, 0.25) is 0 Å². The van der Waals surface area contributed by atoms with Crippen LogP contribution in [-0.4, -0.2) is 41.0 Å². The number of unbranched alkanes of at least 4 members (excludes halogenated alkanes) is 22. The van der Waals surface area contributed by atoms with E-state index < -0.39 is 32.5 Å². The van der Waals surface area contributed by atoms with Gasteiger partial charge in [0.1, 0.15) is 6.61 Å². The molecule has 0 bridgehead atoms. The Balaban J connectivity index is 3.96. The van der Waals surface area contributed by atoms with Crippen LogP contribution in [0.5, 0.6) is 0 Å². The molecule has 266 valence electrons. The average molecular weight is 661 g/mol. The number of rotatable bonds is 34. The Morgan fingerprint density at radius 1 is 0.556 bits per heavy atom. The summed E-state index contributed by atoms with van der Waals surface area (Å²) in [6.07, 6.45) is 33.6. The fraction of sp³-hybridized carbons (Fsp3) is 0.889. The Bertz CT molecular complexity index is 751. The van der Waals surface area contributed by atoms with Crippen LogP contribution in [-0.2, 0) is 28.2 Å². The van der Waals surface area contributed by atoms with Gasteiger partial charge in [0.25, 0.3) is 0 Å². The molecule has 0 heterocycles. The molecule has 9 heteroatoms. The number of carbonyl (C=O) groups is 2. The Labute approximate surface area is 276 Å². The number of hydrogen-bond acceptors (Lipinski definition) is 6. The van der Waals surface area contributed by atoms with E-state index in [-0.39, 0.29) is 19.4 Å². The summed E-state index contributed by atoms with van der Waals surface area (Å²) < 4.78 is 26.3. The van der Waals surface area contributed by atoms with Crippen LogP contribution in [0.3, 0.4) is 0 Å². The van der Waals surface area contributed by atoms with E-state index in [9.17, 15) is 14.2 Å². The van der Waals surface area contributed by atoms with E-state index in [0.717, 1.165) is 44.9 Å². The van der Waals surface area contributed by atoms with Crippen molar-refractivity contribution in [2.24, 2.45) is 0 Å². The van der Waals surface area contributed by atoms with Crippen molar-refractivity contribution in [2.75, 3.05) is 13.2 Å². The summed E-state index contributed by atoms with van der Waals surface area (Å²) in [5, 5.41) is 0. The summed E-state index contributed by atoms with van der Waals surface area (Å²) >= 11 is 0. The van der Waals surface area contributed by atoms with Crippen molar-refractivity contribution in [3.05, 3.63) is 12.2 Å². The maximum Gasteiger partial charge on any atom is 0.469 e. The summed E-state index contributed by atoms with van der Waals surface area (Å²) in [4.78, 5) is 42.6. The minimum Gasteiger partial charge on any atom is -0.462 e. The van der Waals surface area contributed by atoms with E-state index in [1.807, 2.05) is 0 Å². The summed E-state index contributed by atoms with van der Waals surface area (Å²) in [6.45, 7) is 3.66. The van der Waals surface area contributed by atoms with Gasteiger partial charge in [-0.05, 0) is 38.5 Å². The lowest BCUT2D eigenvalue weighted by Crippen LogP contribution is -2.29. The number of allylic oxidation sites excluding steroid dienone is 2. The summed E-state index contributed by atoms with van der Waals surface area (Å²) in [5.41, 5.74) is 0. The van der Waals surface area contributed by atoms with Crippen LogP contribution < -0.4 is 0 Å². The van der Waals surface area contributed by atoms with Gasteiger partial charge in [0.05, 0.1) is 6.61 Å².